The molecule has 0 aliphatic rings. The number of rotatable bonds is 8. The molecule has 13 aromatic rings. The summed E-state index contributed by atoms with van der Waals surface area (Å²) < 4.78 is 9.40. The molecule has 0 radical (unpaired) electrons. The van der Waals surface area contributed by atoms with Gasteiger partial charge in [0.05, 0.1) is 11.0 Å². The van der Waals surface area contributed by atoms with Crippen LogP contribution in [-0.4, -0.2) is 19.5 Å². The third kappa shape index (κ3) is 6.93. The minimum atomic E-state index is 0.567. The molecule has 5 heteroatoms. The van der Waals surface area contributed by atoms with Crippen LogP contribution in [0.5, 0.6) is 0 Å². The van der Waals surface area contributed by atoms with Gasteiger partial charge in [0, 0.05) is 43.9 Å². The Labute approximate surface area is 392 Å². The van der Waals surface area contributed by atoms with Crippen molar-refractivity contribution >= 4 is 43.7 Å². The van der Waals surface area contributed by atoms with E-state index in [-0.39, 0.29) is 0 Å². The summed E-state index contributed by atoms with van der Waals surface area (Å²) in [7, 11) is 0. The van der Waals surface area contributed by atoms with Crippen LogP contribution in [0, 0.1) is 0 Å². The lowest BCUT2D eigenvalue weighted by molar-refractivity contribution is 0.671. The van der Waals surface area contributed by atoms with E-state index in [0.717, 1.165) is 94.1 Å². The van der Waals surface area contributed by atoms with Crippen LogP contribution < -0.4 is 0 Å². The van der Waals surface area contributed by atoms with Crippen molar-refractivity contribution in [2.75, 3.05) is 0 Å². The van der Waals surface area contributed by atoms with Crippen LogP contribution >= 0.6 is 0 Å². The molecule has 3 heterocycles. The second-order valence-electron chi connectivity index (χ2n) is 17.2. The first-order chi connectivity index (χ1) is 33.7. The van der Waals surface area contributed by atoms with Gasteiger partial charge < -0.3 is 8.98 Å². The van der Waals surface area contributed by atoms with Crippen molar-refractivity contribution < 1.29 is 4.42 Å². The summed E-state index contributed by atoms with van der Waals surface area (Å²) in [6.45, 7) is 0. The molecule has 0 bridgehead atoms. The van der Waals surface area contributed by atoms with E-state index in [2.05, 4.69) is 235 Å². The largest absolute Gasteiger partial charge is 0.454 e. The van der Waals surface area contributed by atoms with Crippen molar-refractivity contribution in [2.45, 2.75) is 0 Å². The summed E-state index contributed by atoms with van der Waals surface area (Å²) in [5.74, 6) is 1.76. The fraction of sp³-hybridized carbons (Fsp3) is 0. The second kappa shape index (κ2) is 16.4. The van der Waals surface area contributed by atoms with E-state index in [4.69, 9.17) is 19.4 Å². The van der Waals surface area contributed by atoms with Gasteiger partial charge in [0.1, 0.15) is 5.58 Å². The van der Waals surface area contributed by atoms with E-state index in [0.29, 0.717) is 17.5 Å². The maximum atomic E-state index is 7.05. The Bertz CT molecular complexity index is 3990. The number of para-hydroxylation sites is 1. The predicted octanol–water partition coefficient (Wildman–Crippen LogP) is 16.5. The van der Waals surface area contributed by atoms with Crippen molar-refractivity contribution in [2.24, 2.45) is 0 Å². The quantitative estimate of drug-likeness (QED) is 0.153. The minimum absolute atomic E-state index is 0.567. The second-order valence-corrected chi connectivity index (χ2v) is 17.2. The third-order valence-corrected chi connectivity index (χ3v) is 13.1. The smallest absolute Gasteiger partial charge is 0.164 e. The maximum absolute atomic E-state index is 7.05. The van der Waals surface area contributed by atoms with Gasteiger partial charge in [0.15, 0.2) is 23.1 Å². The lowest BCUT2D eigenvalue weighted by Crippen LogP contribution is -2.00. The van der Waals surface area contributed by atoms with Crippen molar-refractivity contribution in [1.29, 1.82) is 0 Å². The molecule has 318 valence electrons. The summed E-state index contributed by atoms with van der Waals surface area (Å²) in [6, 6.07) is 85.2. The fourth-order valence-corrected chi connectivity index (χ4v) is 9.67. The van der Waals surface area contributed by atoms with Crippen LogP contribution in [0.2, 0.25) is 0 Å². The molecule has 0 spiro atoms. The number of nitrogens with zero attached hydrogens (tertiary/aromatic N) is 4. The highest BCUT2D eigenvalue weighted by Gasteiger charge is 2.21. The normalized spacial score (nSPS) is 11.5. The summed E-state index contributed by atoms with van der Waals surface area (Å²) in [4.78, 5) is 15.5. The molecule has 0 atom stereocenters. The monoisotopic (exact) mass is 868 g/mol. The Morgan fingerprint density at radius 2 is 0.706 bits per heavy atom. The molecule has 0 fully saturated rings. The molecule has 10 aromatic carbocycles. The Hall–Kier alpha value is -9.19. The SMILES string of the molecule is c1ccc(-c2ccc(-c3cccc(-n4c5ccccc5c5ccc6c7ccc(-c8nc(-c9ccc(-c%10ccccc%10)cc9)nc(-c9cccc(-c%10ccccc%10)c9)n8)cc7oc6c54)c3)cc2)cc1. The van der Waals surface area contributed by atoms with Gasteiger partial charge in [0.25, 0.3) is 0 Å². The number of hydrogen-bond donors (Lipinski definition) is 0. The van der Waals surface area contributed by atoms with Crippen LogP contribution in [-0.2, 0) is 0 Å². The topological polar surface area (TPSA) is 56.7 Å². The Balaban J connectivity index is 0.942. The van der Waals surface area contributed by atoms with Gasteiger partial charge in [-0.2, -0.15) is 0 Å². The van der Waals surface area contributed by atoms with Crippen molar-refractivity contribution in [1.82, 2.24) is 19.5 Å². The Morgan fingerprint density at radius 1 is 0.279 bits per heavy atom. The number of benzene rings is 10. The van der Waals surface area contributed by atoms with Crippen LogP contribution in [0.25, 0.3) is 128 Å². The molecule has 0 aliphatic carbocycles. The van der Waals surface area contributed by atoms with Crippen LogP contribution in [0.4, 0.5) is 0 Å². The van der Waals surface area contributed by atoms with E-state index in [1.807, 2.05) is 12.1 Å². The molecule has 0 N–H and O–H groups in total. The van der Waals surface area contributed by atoms with E-state index >= 15 is 0 Å². The molecule has 0 amide bonds. The van der Waals surface area contributed by atoms with Gasteiger partial charge in [-0.1, -0.05) is 200 Å². The molecule has 0 aliphatic heterocycles. The summed E-state index contributed by atoms with van der Waals surface area (Å²) >= 11 is 0. The first-order valence-electron chi connectivity index (χ1n) is 22.9. The first kappa shape index (κ1) is 39.2. The average Bonchev–Trinajstić information content (AvgIpc) is 3.97. The van der Waals surface area contributed by atoms with E-state index in [1.165, 1.54) is 16.5 Å². The highest BCUT2D eigenvalue weighted by atomic mass is 16.3. The molecule has 0 unspecified atom stereocenters. The third-order valence-electron chi connectivity index (χ3n) is 13.1. The lowest BCUT2D eigenvalue weighted by Gasteiger charge is -2.11. The van der Waals surface area contributed by atoms with Crippen molar-refractivity contribution in [3.63, 3.8) is 0 Å². The highest BCUT2D eigenvalue weighted by molar-refractivity contribution is 6.21. The lowest BCUT2D eigenvalue weighted by atomic mass is 10.00. The minimum Gasteiger partial charge on any atom is -0.454 e. The number of fused-ring (bicyclic) bond motifs is 7. The first-order valence-corrected chi connectivity index (χ1v) is 22.9. The van der Waals surface area contributed by atoms with Gasteiger partial charge in [0.2, 0.25) is 0 Å². The zero-order valence-electron chi connectivity index (χ0n) is 36.8. The molecular formula is C63H40N4O. The van der Waals surface area contributed by atoms with Crippen LogP contribution in [0.15, 0.2) is 247 Å². The zero-order chi connectivity index (χ0) is 45.0. The molecule has 68 heavy (non-hydrogen) atoms. The van der Waals surface area contributed by atoms with Crippen molar-refractivity contribution in [3.05, 3.63) is 243 Å². The van der Waals surface area contributed by atoms with Gasteiger partial charge in [-0.15, -0.1) is 0 Å². The summed E-state index contributed by atoms with van der Waals surface area (Å²) in [6.07, 6.45) is 0. The maximum Gasteiger partial charge on any atom is 0.164 e. The van der Waals surface area contributed by atoms with Gasteiger partial charge >= 0.3 is 0 Å². The zero-order valence-corrected chi connectivity index (χ0v) is 36.8. The summed E-state index contributed by atoms with van der Waals surface area (Å²) in [5, 5.41) is 4.37. The molecule has 0 saturated heterocycles. The molecule has 0 saturated carbocycles. The molecule has 5 nitrogen and oxygen atoms in total. The molecule has 3 aromatic heterocycles. The van der Waals surface area contributed by atoms with Crippen molar-refractivity contribution in [3.8, 4) is 84.4 Å². The van der Waals surface area contributed by atoms with E-state index in [9.17, 15) is 0 Å². The molecular weight excluding hydrogens is 829 g/mol. The number of hydrogen-bond acceptors (Lipinski definition) is 4. The highest BCUT2D eigenvalue weighted by Crippen LogP contribution is 2.42. The van der Waals surface area contributed by atoms with Crippen LogP contribution in [0.1, 0.15) is 0 Å². The van der Waals surface area contributed by atoms with E-state index < -0.39 is 0 Å². The fourth-order valence-electron chi connectivity index (χ4n) is 9.67. The summed E-state index contributed by atoms with van der Waals surface area (Å²) in [5.41, 5.74) is 16.7. The van der Waals surface area contributed by atoms with Gasteiger partial charge in [-0.05, 0) is 87.0 Å². The standard InChI is InChI=1S/C63H40N4O/c1-4-14-41(15-5-1)44-26-28-46(29-27-44)49-21-13-23-52(39-49)67-57-25-11-10-24-53(57)55-36-37-56-54-35-34-51(40-58(54)68-60(56)59(55)67)63-65-61(47-32-30-45(31-33-47)42-16-6-2-7-17-42)64-62(66-63)50-22-12-20-48(38-50)43-18-8-3-9-19-43/h1-40H. The van der Waals surface area contributed by atoms with Crippen LogP contribution in [0.3, 0.4) is 0 Å². The predicted molar refractivity (Wildman–Crippen MR) is 279 cm³/mol. The van der Waals surface area contributed by atoms with Gasteiger partial charge in [-0.25, -0.2) is 15.0 Å². The number of aromatic nitrogens is 4. The Morgan fingerprint density at radius 3 is 1.35 bits per heavy atom. The Kier molecular flexibility index (Phi) is 9.43. The van der Waals surface area contributed by atoms with Gasteiger partial charge in [-0.3, -0.25) is 0 Å². The molecule has 13 rings (SSSR count). The number of furan rings is 1. The van der Waals surface area contributed by atoms with E-state index in [1.54, 1.807) is 0 Å². The average molecular weight is 869 g/mol.